The van der Waals surface area contributed by atoms with Gasteiger partial charge in [-0.1, -0.05) is 41.9 Å². The summed E-state index contributed by atoms with van der Waals surface area (Å²) in [5, 5.41) is 5.64. The Morgan fingerprint density at radius 1 is 1.08 bits per heavy atom. The van der Waals surface area contributed by atoms with Gasteiger partial charge in [0.1, 0.15) is 18.6 Å². The predicted molar refractivity (Wildman–Crippen MR) is 138 cm³/mol. The van der Waals surface area contributed by atoms with Crippen LogP contribution >= 0.6 is 23.4 Å². The van der Waals surface area contributed by atoms with Crippen molar-refractivity contribution in [3.05, 3.63) is 59.1 Å². The van der Waals surface area contributed by atoms with E-state index in [1.165, 1.54) is 16.7 Å². The molecule has 2 aromatic carbocycles. The van der Waals surface area contributed by atoms with E-state index >= 15 is 0 Å². The number of rotatable bonds is 5. The molecule has 2 fully saturated rings. The number of carbonyl (C=O) groups is 4. The Labute approximate surface area is 218 Å². The fourth-order valence-corrected chi connectivity index (χ4v) is 6.51. The third kappa shape index (κ3) is 5.08. The van der Waals surface area contributed by atoms with Gasteiger partial charge in [0.05, 0.1) is 10.9 Å². The molecule has 2 saturated heterocycles. The minimum atomic E-state index is -0.958. The van der Waals surface area contributed by atoms with Crippen LogP contribution in [0.5, 0.6) is 0 Å². The van der Waals surface area contributed by atoms with Gasteiger partial charge >= 0.3 is 0 Å². The highest BCUT2D eigenvalue weighted by Gasteiger charge is 2.42. The number of nitrogens with zero attached hydrogens (tertiary/aromatic N) is 2. The summed E-state index contributed by atoms with van der Waals surface area (Å²) in [7, 11) is 0. The van der Waals surface area contributed by atoms with Gasteiger partial charge in [-0.05, 0) is 43.0 Å². The number of carbonyl (C=O) groups excluding carboxylic acids is 4. The molecule has 0 spiro atoms. The van der Waals surface area contributed by atoms with Crippen molar-refractivity contribution in [1.82, 2.24) is 15.5 Å². The molecule has 3 heterocycles. The van der Waals surface area contributed by atoms with Gasteiger partial charge in [0.15, 0.2) is 0 Å². The fraction of sp³-hybridized carbons (Fsp3) is 0.385. The predicted octanol–water partition coefficient (Wildman–Crippen LogP) is 2.91. The first-order chi connectivity index (χ1) is 17.4. The lowest BCUT2D eigenvalue weighted by molar-refractivity contribution is -0.132. The SMILES string of the molecule is O=C1CC[C@@H](C(=O)N[C@@H]2C(=O)N(CC(=O)N3CCCC3)c3ccc(Cl)cc3S[C@@H]2c2ccccc2)N1. The van der Waals surface area contributed by atoms with Crippen LogP contribution in [0.1, 0.15) is 36.5 Å². The third-order valence-corrected chi connectivity index (χ3v) is 8.41. The molecule has 3 aliphatic rings. The maximum Gasteiger partial charge on any atom is 0.251 e. The number of benzene rings is 2. The van der Waals surface area contributed by atoms with Crippen molar-refractivity contribution in [3.63, 3.8) is 0 Å². The summed E-state index contributed by atoms with van der Waals surface area (Å²) in [6, 6.07) is 13.1. The van der Waals surface area contributed by atoms with Gasteiger partial charge in [0.25, 0.3) is 5.91 Å². The number of amides is 4. The fourth-order valence-electron chi connectivity index (χ4n) is 4.90. The summed E-state index contributed by atoms with van der Waals surface area (Å²) in [5.74, 6) is -1.09. The van der Waals surface area contributed by atoms with Crippen LogP contribution in [-0.4, -0.2) is 60.2 Å². The maximum absolute atomic E-state index is 14.1. The summed E-state index contributed by atoms with van der Waals surface area (Å²) in [6.45, 7) is 1.23. The Morgan fingerprint density at radius 2 is 1.83 bits per heavy atom. The van der Waals surface area contributed by atoms with Crippen molar-refractivity contribution in [3.8, 4) is 0 Å². The van der Waals surface area contributed by atoms with E-state index in [4.69, 9.17) is 11.6 Å². The van der Waals surface area contributed by atoms with E-state index in [1.54, 1.807) is 23.1 Å². The molecular weight excluding hydrogens is 500 g/mol. The molecule has 3 aliphatic heterocycles. The van der Waals surface area contributed by atoms with Crippen LogP contribution in [0, 0.1) is 0 Å². The van der Waals surface area contributed by atoms with Crippen molar-refractivity contribution >= 4 is 52.7 Å². The van der Waals surface area contributed by atoms with E-state index in [0.29, 0.717) is 30.2 Å². The molecule has 5 rings (SSSR count). The summed E-state index contributed by atoms with van der Waals surface area (Å²) < 4.78 is 0. The first-order valence-corrected chi connectivity index (χ1v) is 13.4. The van der Waals surface area contributed by atoms with Crippen LogP contribution in [0.15, 0.2) is 53.4 Å². The number of thioether (sulfide) groups is 1. The zero-order valence-electron chi connectivity index (χ0n) is 19.6. The van der Waals surface area contributed by atoms with Crippen molar-refractivity contribution < 1.29 is 19.2 Å². The molecule has 0 bridgehead atoms. The zero-order chi connectivity index (χ0) is 25.2. The normalized spacial score (nSPS) is 23.8. The Bertz CT molecular complexity index is 1190. The highest BCUT2D eigenvalue weighted by Crippen LogP contribution is 2.46. The van der Waals surface area contributed by atoms with Crippen molar-refractivity contribution in [2.45, 2.75) is 47.9 Å². The first kappa shape index (κ1) is 24.6. The Balaban J connectivity index is 1.53. The molecular formula is C26H27ClN4O4S. The Kier molecular flexibility index (Phi) is 7.20. The van der Waals surface area contributed by atoms with Gasteiger partial charge in [0, 0.05) is 29.4 Å². The second-order valence-electron chi connectivity index (χ2n) is 9.22. The van der Waals surface area contributed by atoms with Gasteiger partial charge in [-0.15, -0.1) is 11.8 Å². The molecule has 10 heteroatoms. The number of fused-ring (bicyclic) bond motifs is 1. The second-order valence-corrected chi connectivity index (χ2v) is 10.8. The maximum atomic E-state index is 14.1. The van der Waals surface area contributed by atoms with E-state index in [1.807, 2.05) is 30.3 Å². The molecule has 188 valence electrons. The van der Waals surface area contributed by atoms with E-state index in [-0.39, 0.29) is 30.7 Å². The average molecular weight is 527 g/mol. The zero-order valence-corrected chi connectivity index (χ0v) is 21.2. The number of anilines is 1. The van der Waals surface area contributed by atoms with E-state index in [0.717, 1.165) is 23.3 Å². The molecule has 0 unspecified atom stereocenters. The standard InChI is InChI=1S/C26H27ClN4O4S/c27-17-8-10-19-20(14-17)36-24(16-6-2-1-3-7-16)23(29-25(34)18-9-11-21(32)28-18)26(35)31(19)15-22(33)30-12-4-5-13-30/h1-3,6-8,10,14,18,23-24H,4-5,9,11-13,15H2,(H,28,32)(H,29,34)/t18-,23-,24+/m0/s1. The quantitative estimate of drug-likeness (QED) is 0.624. The van der Waals surface area contributed by atoms with E-state index in [2.05, 4.69) is 10.6 Å². The van der Waals surface area contributed by atoms with Gasteiger partial charge in [-0.2, -0.15) is 0 Å². The Hall–Kier alpha value is -3.04. The van der Waals surface area contributed by atoms with Crippen LogP contribution in [-0.2, 0) is 19.2 Å². The molecule has 0 saturated carbocycles. The van der Waals surface area contributed by atoms with Gasteiger partial charge in [-0.25, -0.2) is 0 Å². The number of hydrogen-bond donors (Lipinski definition) is 2. The van der Waals surface area contributed by atoms with Gasteiger partial charge < -0.3 is 20.4 Å². The lowest BCUT2D eigenvalue weighted by atomic mass is 10.0. The van der Waals surface area contributed by atoms with Crippen LogP contribution in [0.3, 0.4) is 0 Å². The third-order valence-electron chi connectivity index (χ3n) is 6.79. The van der Waals surface area contributed by atoms with E-state index in [9.17, 15) is 19.2 Å². The average Bonchev–Trinajstić information content (AvgIpc) is 3.55. The molecule has 0 aromatic heterocycles. The van der Waals surface area contributed by atoms with Crippen molar-refractivity contribution in [2.24, 2.45) is 0 Å². The minimum Gasteiger partial charge on any atom is -0.344 e. The summed E-state index contributed by atoms with van der Waals surface area (Å²) in [5.41, 5.74) is 1.45. The number of likely N-dealkylation sites (tertiary alicyclic amines) is 1. The number of halogens is 1. The summed E-state index contributed by atoms with van der Waals surface area (Å²) in [6.07, 6.45) is 2.54. The molecule has 8 nitrogen and oxygen atoms in total. The number of nitrogens with one attached hydrogen (secondary N) is 2. The smallest absolute Gasteiger partial charge is 0.251 e. The van der Waals surface area contributed by atoms with Crippen molar-refractivity contribution in [1.29, 1.82) is 0 Å². The summed E-state index contributed by atoms with van der Waals surface area (Å²) >= 11 is 7.77. The molecule has 3 atom stereocenters. The minimum absolute atomic E-state index is 0.123. The van der Waals surface area contributed by atoms with Gasteiger partial charge in [0.2, 0.25) is 17.7 Å². The lowest BCUT2D eigenvalue weighted by Gasteiger charge is -2.30. The lowest BCUT2D eigenvalue weighted by Crippen LogP contribution is -2.55. The first-order valence-electron chi connectivity index (χ1n) is 12.1. The molecule has 2 aromatic rings. The topological polar surface area (TPSA) is 98.8 Å². The van der Waals surface area contributed by atoms with E-state index < -0.39 is 23.2 Å². The second kappa shape index (κ2) is 10.5. The largest absolute Gasteiger partial charge is 0.344 e. The molecule has 2 N–H and O–H groups in total. The van der Waals surface area contributed by atoms with Crippen LogP contribution in [0.25, 0.3) is 0 Å². The monoisotopic (exact) mass is 526 g/mol. The Morgan fingerprint density at radius 3 is 2.53 bits per heavy atom. The van der Waals surface area contributed by atoms with Crippen LogP contribution in [0.2, 0.25) is 5.02 Å². The van der Waals surface area contributed by atoms with Crippen LogP contribution < -0.4 is 15.5 Å². The number of hydrogen-bond acceptors (Lipinski definition) is 5. The molecule has 4 amide bonds. The molecule has 36 heavy (non-hydrogen) atoms. The molecule has 0 aliphatic carbocycles. The van der Waals surface area contributed by atoms with Crippen molar-refractivity contribution in [2.75, 3.05) is 24.5 Å². The van der Waals surface area contributed by atoms with Crippen LogP contribution in [0.4, 0.5) is 5.69 Å². The summed E-state index contributed by atoms with van der Waals surface area (Å²) in [4.78, 5) is 56.2. The molecule has 0 radical (unpaired) electrons. The highest BCUT2D eigenvalue weighted by molar-refractivity contribution is 7.99. The highest BCUT2D eigenvalue weighted by atomic mass is 35.5. The van der Waals surface area contributed by atoms with Gasteiger partial charge in [-0.3, -0.25) is 19.2 Å².